The van der Waals surface area contributed by atoms with Crippen LogP contribution in [0.1, 0.15) is 0 Å². The van der Waals surface area contributed by atoms with Gasteiger partial charge in [0, 0.05) is 31.5 Å². The van der Waals surface area contributed by atoms with E-state index in [1.54, 1.807) is 18.4 Å². The number of rotatable bonds is 4. The van der Waals surface area contributed by atoms with E-state index in [2.05, 4.69) is 19.4 Å². The van der Waals surface area contributed by atoms with E-state index in [1.165, 1.54) is 0 Å². The molecule has 0 saturated carbocycles. The third-order valence-electron chi connectivity index (χ3n) is 3.97. The highest BCUT2D eigenvalue weighted by Crippen LogP contribution is 2.32. The summed E-state index contributed by atoms with van der Waals surface area (Å²) in [7, 11) is 1.67. The lowest BCUT2D eigenvalue weighted by atomic mass is 10.3. The fourth-order valence-corrected chi connectivity index (χ4v) is 3.69. The van der Waals surface area contributed by atoms with Gasteiger partial charge in [0.15, 0.2) is 11.0 Å². The molecule has 0 aliphatic carbocycles. The number of morpholine rings is 1. The maximum Gasteiger partial charge on any atom is 0.186 e. The fraction of sp³-hybridized carbons (Fsp3) is 0.294. The first kappa shape index (κ1) is 15.2. The van der Waals surface area contributed by atoms with Crippen LogP contribution >= 0.6 is 11.3 Å². The Labute approximate surface area is 144 Å². The Bertz CT molecular complexity index is 823. The van der Waals surface area contributed by atoms with Gasteiger partial charge in [-0.25, -0.2) is 9.97 Å². The molecule has 24 heavy (non-hydrogen) atoms. The summed E-state index contributed by atoms with van der Waals surface area (Å²) in [6, 6.07) is 7.94. The number of benzene rings is 1. The fourth-order valence-electron chi connectivity index (χ4n) is 2.72. The van der Waals surface area contributed by atoms with Crippen molar-refractivity contribution in [3.63, 3.8) is 0 Å². The minimum Gasteiger partial charge on any atom is -0.497 e. The summed E-state index contributed by atoms with van der Waals surface area (Å²) in [4.78, 5) is 12.4. The molecule has 1 aromatic carbocycles. The van der Waals surface area contributed by atoms with Crippen LogP contribution in [-0.2, 0) is 4.74 Å². The van der Waals surface area contributed by atoms with E-state index < -0.39 is 0 Å². The summed E-state index contributed by atoms with van der Waals surface area (Å²) in [5.41, 5.74) is 1.02. The van der Waals surface area contributed by atoms with Gasteiger partial charge in [0.25, 0.3) is 0 Å². The van der Waals surface area contributed by atoms with Crippen molar-refractivity contribution in [2.75, 3.05) is 38.3 Å². The molecule has 3 aromatic rings. The average Bonchev–Trinajstić information content (AvgIpc) is 3.31. The molecule has 1 aliphatic rings. The number of hydrogen-bond acceptors (Lipinski definition) is 6. The Kier molecular flexibility index (Phi) is 4.18. The molecule has 0 radical (unpaired) electrons. The van der Waals surface area contributed by atoms with Crippen molar-refractivity contribution in [3.05, 3.63) is 42.9 Å². The van der Waals surface area contributed by atoms with Gasteiger partial charge in [-0.1, -0.05) is 17.4 Å². The van der Waals surface area contributed by atoms with E-state index in [0.717, 1.165) is 53.6 Å². The third-order valence-corrected chi connectivity index (χ3v) is 5.02. The summed E-state index contributed by atoms with van der Waals surface area (Å²) < 4.78 is 12.8. The number of hydrogen-bond donors (Lipinski definition) is 0. The molecule has 1 saturated heterocycles. The Morgan fingerprint density at radius 3 is 2.92 bits per heavy atom. The zero-order chi connectivity index (χ0) is 16.4. The van der Waals surface area contributed by atoms with Gasteiger partial charge in [-0.05, 0) is 12.1 Å². The standard InChI is InChI=1S/C17H18N4O2S/c1-22-14-4-2-3-13(11-14)21-6-5-18-16(21)15-12-19-17(24-15)20-7-9-23-10-8-20/h2-6,11-12H,7-10H2,1H3. The third kappa shape index (κ3) is 2.88. The van der Waals surface area contributed by atoms with Crippen LogP contribution in [0.5, 0.6) is 5.75 Å². The zero-order valence-electron chi connectivity index (χ0n) is 13.4. The van der Waals surface area contributed by atoms with Gasteiger partial charge in [-0.15, -0.1) is 0 Å². The average molecular weight is 342 g/mol. The number of ether oxygens (including phenoxy) is 2. The van der Waals surface area contributed by atoms with E-state index in [0.29, 0.717) is 0 Å². The second-order valence-corrected chi connectivity index (χ2v) is 6.44. The Balaban J connectivity index is 1.66. The predicted molar refractivity (Wildman–Crippen MR) is 94.3 cm³/mol. The molecule has 0 atom stereocenters. The monoisotopic (exact) mass is 342 g/mol. The van der Waals surface area contributed by atoms with E-state index in [4.69, 9.17) is 9.47 Å². The van der Waals surface area contributed by atoms with E-state index >= 15 is 0 Å². The molecule has 6 nitrogen and oxygen atoms in total. The molecular formula is C17H18N4O2S. The van der Waals surface area contributed by atoms with E-state index in [-0.39, 0.29) is 0 Å². The molecule has 0 spiro atoms. The first-order valence-electron chi connectivity index (χ1n) is 7.82. The summed E-state index contributed by atoms with van der Waals surface area (Å²) >= 11 is 1.66. The molecule has 1 fully saturated rings. The highest BCUT2D eigenvalue weighted by Gasteiger charge is 2.17. The van der Waals surface area contributed by atoms with Crippen molar-refractivity contribution in [2.24, 2.45) is 0 Å². The maximum absolute atomic E-state index is 5.41. The van der Waals surface area contributed by atoms with Crippen molar-refractivity contribution >= 4 is 16.5 Å². The first-order valence-corrected chi connectivity index (χ1v) is 8.63. The van der Waals surface area contributed by atoms with Crippen LogP contribution in [0.2, 0.25) is 0 Å². The molecule has 124 valence electrons. The van der Waals surface area contributed by atoms with Crippen molar-refractivity contribution in [1.82, 2.24) is 14.5 Å². The molecule has 7 heteroatoms. The van der Waals surface area contributed by atoms with Crippen LogP contribution in [-0.4, -0.2) is 47.9 Å². The molecule has 0 N–H and O–H groups in total. The second-order valence-electron chi connectivity index (χ2n) is 5.43. The van der Waals surface area contributed by atoms with Crippen LogP contribution in [0.25, 0.3) is 16.4 Å². The molecule has 1 aliphatic heterocycles. The second kappa shape index (κ2) is 6.62. The molecule has 0 bridgehead atoms. The van der Waals surface area contributed by atoms with Crippen molar-refractivity contribution < 1.29 is 9.47 Å². The van der Waals surface area contributed by atoms with Crippen LogP contribution < -0.4 is 9.64 Å². The van der Waals surface area contributed by atoms with Crippen molar-refractivity contribution in [2.45, 2.75) is 0 Å². The van der Waals surface area contributed by atoms with Gasteiger partial charge in [-0.3, -0.25) is 4.57 Å². The summed E-state index contributed by atoms with van der Waals surface area (Å²) in [5.74, 6) is 1.71. The summed E-state index contributed by atoms with van der Waals surface area (Å²) in [6.07, 6.45) is 5.66. The van der Waals surface area contributed by atoms with Crippen LogP contribution in [0.4, 0.5) is 5.13 Å². The van der Waals surface area contributed by atoms with Crippen LogP contribution in [0, 0.1) is 0 Å². The van der Waals surface area contributed by atoms with Gasteiger partial charge in [0.05, 0.1) is 37.1 Å². The quantitative estimate of drug-likeness (QED) is 0.730. The largest absolute Gasteiger partial charge is 0.497 e. The zero-order valence-corrected chi connectivity index (χ0v) is 14.2. The van der Waals surface area contributed by atoms with Crippen LogP contribution in [0.3, 0.4) is 0 Å². The number of anilines is 1. The molecule has 3 heterocycles. The normalized spacial score (nSPS) is 14.8. The SMILES string of the molecule is COc1cccc(-n2ccnc2-c2cnc(N3CCOCC3)s2)c1. The number of thiazole rings is 1. The lowest BCUT2D eigenvalue weighted by Crippen LogP contribution is -2.36. The lowest BCUT2D eigenvalue weighted by Gasteiger charge is -2.25. The Morgan fingerprint density at radius 2 is 2.08 bits per heavy atom. The van der Waals surface area contributed by atoms with Crippen LogP contribution in [0.15, 0.2) is 42.9 Å². The van der Waals surface area contributed by atoms with E-state index in [9.17, 15) is 0 Å². The summed E-state index contributed by atoms with van der Waals surface area (Å²) in [6.45, 7) is 3.29. The van der Waals surface area contributed by atoms with Crippen molar-refractivity contribution in [1.29, 1.82) is 0 Å². The van der Waals surface area contributed by atoms with E-state index in [1.807, 2.05) is 42.9 Å². The Morgan fingerprint density at radius 1 is 1.21 bits per heavy atom. The van der Waals surface area contributed by atoms with Gasteiger partial charge >= 0.3 is 0 Å². The smallest absolute Gasteiger partial charge is 0.186 e. The highest BCUT2D eigenvalue weighted by atomic mass is 32.1. The first-order chi connectivity index (χ1) is 11.8. The Hall–Kier alpha value is -2.38. The minimum absolute atomic E-state index is 0.757. The molecule has 0 amide bonds. The number of imidazole rings is 1. The number of aromatic nitrogens is 3. The van der Waals surface area contributed by atoms with Gasteiger partial charge < -0.3 is 14.4 Å². The number of nitrogens with zero attached hydrogens (tertiary/aromatic N) is 4. The molecular weight excluding hydrogens is 324 g/mol. The van der Waals surface area contributed by atoms with Gasteiger partial charge in [0.2, 0.25) is 0 Å². The highest BCUT2D eigenvalue weighted by molar-refractivity contribution is 7.18. The molecule has 2 aromatic heterocycles. The number of methoxy groups -OCH3 is 1. The topological polar surface area (TPSA) is 52.4 Å². The maximum atomic E-state index is 5.41. The van der Waals surface area contributed by atoms with Gasteiger partial charge in [-0.2, -0.15) is 0 Å². The lowest BCUT2D eigenvalue weighted by molar-refractivity contribution is 0.122. The van der Waals surface area contributed by atoms with Gasteiger partial charge in [0.1, 0.15) is 5.75 Å². The summed E-state index contributed by atoms with van der Waals surface area (Å²) in [5, 5.41) is 1.02. The molecule has 4 rings (SSSR count). The van der Waals surface area contributed by atoms with Crippen molar-refractivity contribution in [3.8, 4) is 22.1 Å². The minimum atomic E-state index is 0.757. The predicted octanol–water partition coefficient (Wildman–Crippen LogP) is 2.84. The molecule has 0 unspecified atom stereocenters.